The van der Waals surface area contributed by atoms with Crippen LogP contribution in [-0.4, -0.2) is 13.1 Å². The van der Waals surface area contributed by atoms with E-state index in [1.165, 1.54) is 19.2 Å². The number of alkyl halides is 2. The molecule has 2 nitrogen and oxygen atoms in total. The Morgan fingerprint density at radius 2 is 2.14 bits per heavy atom. The van der Waals surface area contributed by atoms with Crippen molar-refractivity contribution < 1.29 is 13.9 Å². The monoisotopic (exact) mass is 324 g/mol. The summed E-state index contributed by atoms with van der Waals surface area (Å²) in [6.07, 6.45) is 0. The second kappa shape index (κ2) is 4.89. The minimum absolute atomic E-state index is 0.204. The average molecular weight is 326 g/mol. The molecule has 0 saturated carbocycles. The van der Waals surface area contributed by atoms with Gasteiger partial charge in [0.1, 0.15) is 5.82 Å². The van der Waals surface area contributed by atoms with Crippen molar-refractivity contribution in [2.45, 2.75) is 3.74 Å². The Hall–Kier alpha value is -0.420. The molecule has 0 fully saturated rings. The van der Waals surface area contributed by atoms with Gasteiger partial charge >= 0.3 is 5.97 Å². The topological polar surface area (TPSA) is 26.3 Å². The lowest BCUT2D eigenvalue weighted by Gasteiger charge is -2.08. The normalized spacial score (nSPS) is 10.4. The van der Waals surface area contributed by atoms with E-state index in [0.717, 1.165) is 6.07 Å². The van der Waals surface area contributed by atoms with Gasteiger partial charge in [0, 0.05) is 0 Å². The molecule has 0 aliphatic heterocycles. The van der Waals surface area contributed by atoms with Gasteiger partial charge in [-0.3, -0.25) is 0 Å². The molecule has 1 rings (SSSR count). The summed E-state index contributed by atoms with van der Waals surface area (Å²) in [5, 5.41) is 0. The van der Waals surface area contributed by atoms with Crippen LogP contribution in [0, 0.1) is 5.82 Å². The van der Waals surface area contributed by atoms with Crippen LogP contribution in [0.15, 0.2) is 18.2 Å². The van der Waals surface area contributed by atoms with Gasteiger partial charge in [0.25, 0.3) is 0 Å². The van der Waals surface area contributed by atoms with Crippen LogP contribution in [0.25, 0.3) is 0 Å². The van der Waals surface area contributed by atoms with Gasteiger partial charge in [-0.15, -0.1) is 0 Å². The molecule has 1 aromatic rings. The fourth-order valence-electron chi connectivity index (χ4n) is 1.01. The van der Waals surface area contributed by atoms with Crippen LogP contribution in [0.5, 0.6) is 0 Å². The smallest absolute Gasteiger partial charge is 0.338 e. The first-order chi connectivity index (χ1) is 6.56. The maximum Gasteiger partial charge on any atom is 0.338 e. The SMILES string of the molecule is COC(=O)c1cc(F)ccc1C(Br)Br. The van der Waals surface area contributed by atoms with E-state index in [-0.39, 0.29) is 9.30 Å². The Labute approximate surface area is 97.7 Å². The molecule has 0 spiro atoms. The lowest BCUT2D eigenvalue weighted by Crippen LogP contribution is -2.05. The summed E-state index contributed by atoms with van der Waals surface area (Å²) in [7, 11) is 1.26. The number of carbonyl (C=O) groups excluding carboxylic acids is 1. The van der Waals surface area contributed by atoms with Crippen molar-refractivity contribution in [2.75, 3.05) is 7.11 Å². The molecule has 0 N–H and O–H groups in total. The largest absolute Gasteiger partial charge is 0.465 e. The van der Waals surface area contributed by atoms with Gasteiger partial charge in [0.15, 0.2) is 0 Å². The highest BCUT2D eigenvalue weighted by Gasteiger charge is 2.16. The third-order valence-corrected chi connectivity index (χ3v) is 2.64. The summed E-state index contributed by atoms with van der Waals surface area (Å²) in [6.45, 7) is 0. The van der Waals surface area contributed by atoms with Crippen LogP contribution in [-0.2, 0) is 4.74 Å². The molecular weight excluding hydrogens is 319 g/mol. The third kappa shape index (κ3) is 2.54. The molecule has 0 bridgehead atoms. The van der Waals surface area contributed by atoms with Crippen LogP contribution in [0.3, 0.4) is 0 Å². The quantitative estimate of drug-likeness (QED) is 0.615. The number of benzene rings is 1. The summed E-state index contributed by atoms with van der Waals surface area (Å²) in [5.41, 5.74) is 0.851. The van der Waals surface area contributed by atoms with Crippen molar-refractivity contribution in [3.8, 4) is 0 Å². The number of rotatable bonds is 2. The molecular formula is C9H7Br2FO2. The Kier molecular flexibility index (Phi) is 4.07. The van der Waals surface area contributed by atoms with Crippen LogP contribution < -0.4 is 0 Å². The van der Waals surface area contributed by atoms with Crippen molar-refractivity contribution in [3.05, 3.63) is 35.1 Å². The number of methoxy groups -OCH3 is 1. The first-order valence-corrected chi connectivity index (χ1v) is 5.55. The average Bonchev–Trinajstić information content (AvgIpc) is 2.16. The van der Waals surface area contributed by atoms with E-state index < -0.39 is 11.8 Å². The first kappa shape index (κ1) is 11.7. The maximum absolute atomic E-state index is 12.9. The summed E-state index contributed by atoms with van der Waals surface area (Å²) in [5.74, 6) is -1.02. The van der Waals surface area contributed by atoms with Crippen molar-refractivity contribution in [3.63, 3.8) is 0 Å². The lowest BCUT2D eigenvalue weighted by atomic mass is 10.1. The van der Waals surface area contributed by atoms with Crippen LogP contribution in [0.4, 0.5) is 4.39 Å². The molecule has 0 aromatic heterocycles. The van der Waals surface area contributed by atoms with Gasteiger partial charge in [-0.25, -0.2) is 9.18 Å². The molecule has 76 valence electrons. The predicted octanol–water partition coefficient (Wildman–Crippen LogP) is 3.40. The Balaban J connectivity index is 3.22. The first-order valence-electron chi connectivity index (χ1n) is 3.72. The fraction of sp³-hybridized carbons (Fsp3) is 0.222. The van der Waals surface area contributed by atoms with Crippen molar-refractivity contribution in [1.29, 1.82) is 0 Å². The number of hydrogen-bond acceptors (Lipinski definition) is 2. The molecule has 0 aliphatic carbocycles. The zero-order chi connectivity index (χ0) is 10.7. The molecule has 0 radical (unpaired) electrons. The third-order valence-electron chi connectivity index (χ3n) is 1.66. The second-order valence-electron chi connectivity index (χ2n) is 2.52. The molecule has 0 unspecified atom stereocenters. The zero-order valence-corrected chi connectivity index (χ0v) is 10.4. The minimum atomic E-state index is -0.552. The minimum Gasteiger partial charge on any atom is -0.465 e. The van der Waals surface area contributed by atoms with E-state index in [2.05, 4.69) is 36.6 Å². The number of hydrogen-bond donors (Lipinski definition) is 0. The fourth-order valence-corrected chi connectivity index (χ4v) is 1.80. The Morgan fingerprint density at radius 3 is 2.64 bits per heavy atom. The number of esters is 1. The molecule has 14 heavy (non-hydrogen) atoms. The van der Waals surface area contributed by atoms with Crippen LogP contribution >= 0.6 is 31.9 Å². The Bertz CT molecular complexity index is 353. The number of ether oxygens (including phenoxy) is 1. The predicted molar refractivity (Wildman–Crippen MR) is 58.3 cm³/mol. The second-order valence-corrected chi connectivity index (χ2v) is 5.58. The molecule has 5 heteroatoms. The van der Waals surface area contributed by atoms with E-state index in [1.807, 2.05) is 0 Å². The number of halogens is 3. The van der Waals surface area contributed by atoms with Gasteiger partial charge in [0.05, 0.1) is 16.4 Å². The zero-order valence-electron chi connectivity index (χ0n) is 7.26. The highest BCUT2D eigenvalue weighted by molar-refractivity contribution is 9.24. The van der Waals surface area contributed by atoms with E-state index in [0.29, 0.717) is 5.56 Å². The molecule has 0 saturated heterocycles. The molecule has 0 aliphatic rings. The van der Waals surface area contributed by atoms with Gasteiger partial charge in [-0.05, 0) is 17.7 Å². The summed E-state index contributed by atoms with van der Waals surface area (Å²) in [4.78, 5) is 11.3. The molecule has 0 atom stereocenters. The lowest BCUT2D eigenvalue weighted by molar-refractivity contribution is 0.0599. The van der Waals surface area contributed by atoms with Crippen molar-refractivity contribution >= 4 is 37.8 Å². The summed E-state index contributed by atoms with van der Waals surface area (Å²) in [6, 6.07) is 3.96. The van der Waals surface area contributed by atoms with E-state index in [1.54, 1.807) is 0 Å². The van der Waals surface area contributed by atoms with Crippen molar-refractivity contribution in [2.24, 2.45) is 0 Å². The summed E-state index contributed by atoms with van der Waals surface area (Å²) < 4.78 is 17.2. The van der Waals surface area contributed by atoms with E-state index in [4.69, 9.17) is 0 Å². The highest BCUT2D eigenvalue weighted by Crippen LogP contribution is 2.32. The van der Waals surface area contributed by atoms with Gasteiger partial charge in [-0.2, -0.15) is 0 Å². The molecule has 0 heterocycles. The van der Waals surface area contributed by atoms with Gasteiger partial charge in [-0.1, -0.05) is 37.9 Å². The highest BCUT2D eigenvalue weighted by atomic mass is 79.9. The van der Waals surface area contributed by atoms with Crippen LogP contribution in [0.1, 0.15) is 19.7 Å². The maximum atomic E-state index is 12.9. The van der Waals surface area contributed by atoms with E-state index in [9.17, 15) is 9.18 Å². The van der Waals surface area contributed by atoms with Crippen molar-refractivity contribution in [1.82, 2.24) is 0 Å². The van der Waals surface area contributed by atoms with Crippen LogP contribution in [0.2, 0.25) is 0 Å². The Morgan fingerprint density at radius 1 is 1.50 bits per heavy atom. The van der Waals surface area contributed by atoms with Gasteiger partial charge in [0.2, 0.25) is 0 Å². The van der Waals surface area contributed by atoms with E-state index >= 15 is 0 Å². The number of carbonyl (C=O) groups is 1. The summed E-state index contributed by atoms with van der Waals surface area (Å²) >= 11 is 6.48. The molecule has 1 aromatic carbocycles. The molecule has 0 amide bonds. The standard InChI is InChI=1S/C9H7Br2FO2/c1-14-9(13)7-4-5(12)2-3-6(7)8(10)11/h2-4,8H,1H3. The van der Waals surface area contributed by atoms with Gasteiger partial charge < -0.3 is 4.74 Å².